The molecule has 106 valence electrons. The van der Waals surface area contributed by atoms with Crippen LogP contribution < -0.4 is 5.32 Å². The monoisotopic (exact) mass is 350 g/mol. The van der Waals surface area contributed by atoms with Gasteiger partial charge in [-0.2, -0.15) is 0 Å². The molecule has 1 aromatic carbocycles. The molecule has 1 N–H and O–H groups in total. The summed E-state index contributed by atoms with van der Waals surface area (Å²) in [7, 11) is 0. The Morgan fingerprint density at radius 3 is 2.70 bits per heavy atom. The van der Waals surface area contributed by atoms with Gasteiger partial charge in [0.15, 0.2) is 0 Å². The third-order valence-electron chi connectivity index (χ3n) is 3.69. The fourth-order valence-corrected chi connectivity index (χ4v) is 3.52. The van der Waals surface area contributed by atoms with E-state index in [1.807, 2.05) is 17.5 Å². The number of rotatable bonds is 6. The zero-order valence-electron chi connectivity index (χ0n) is 11.6. The molecule has 1 aliphatic rings. The van der Waals surface area contributed by atoms with Gasteiger partial charge in [0.1, 0.15) is 0 Å². The first-order valence-electron chi connectivity index (χ1n) is 7.11. The molecule has 1 saturated carbocycles. The maximum absolute atomic E-state index is 4.38. The number of aromatic nitrogens is 1. The summed E-state index contributed by atoms with van der Waals surface area (Å²) in [5.41, 5.74) is 1.41. The smallest absolute Gasteiger partial charge is 0.0896 e. The van der Waals surface area contributed by atoms with Crippen LogP contribution >= 0.6 is 27.3 Å². The molecule has 0 aliphatic heterocycles. The van der Waals surface area contributed by atoms with Gasteiger partial charge in [-0.15, -0.1) is 11.3 Å². The number of hydrogen-bond donors (Lipinski definition) is 1. The van der Waals surface area contributed by atoms with Crippen LogP contribution in [0.2, 0.25) is 0 Å². The van der Waals surface area contributed by atoms with E-state index in [-0.39, 0.29) is 0 Å². The highest BCUT2D eigenvalue weighted by Crippen LogP contribution is 2.27. The maximum Gasteiger partial charge on any atom is 0.0896 e. The van der Waals surface area contributed by atoms with Gasteiger partial charge in [-0.1, -0.05) is 28.1 Å². The topological polar surface area (TPSA) is 24.9 Å². The molecule has 3 rings (SSSR count). The van der Waals surface area contributed by atoms with E-state index >= 15 is 0 Å². The number of thiazole rings is 1. The second-order valence-electron chi connectivity index (χ2n) is 5.48. The Labute approximate surface area is 132 Å². The molecule has 1 unspecified atom stereocenters. The number of benzene rings is 1. The van der Waals surface area contributed by atoms with Gasteiger partial charge >= 0.3 is 0 Å². The molecular weight excluding hydrogens is 332 g/mol. The van der Waals surface area contributed by atoms with Gasteiger partial charge in [0.05, 0.1) is 5.01 Å². The van der Waals surface area contributed by atoms with Crippen molar-refractivity contribution in [1.82, 2.24) is 10.3 Å². The van der Waals surface area contributed by atoms with Gasteiger partial charge in [0, 0.05) is 34.1 Å². The number of aryl methyl sites for hydroxylation is 1. The predicted octanol–water partition coefficient (Wildman–Crippen LogP) is 4.29. The van der Waals surface area contributed by atoms with E-state index < -0.39 is 0 Å². The average molecular weight is 351 g/mol. The molecular formula is C16H19BrN2S. The Morgan fingerprint density at radius 1 is 1.35 bits per heavy atom. The van der Waals surface area contributed by atoms with Crippen molar-refractivity contribution in [2.45, 2.75) is 38.1 Å². The van der Waals surface area contributed by atoms with Crippen LogP contribution in [0.1, 0.15) is 34.2 Å². The third-order valence-corrected chi connectivity index (χ3v) is 5.15. The van der Waals surface area contributed by atoms with Crippen molar-refractivity contribution in [3.05, 3.63) is 50.4 Å². The van der Waals surface area contributed by atoms with Crippen LogP contribution in [0.15, 0.2) is 34.9 Å². The van der Waals surface area contributed by atoms with Crippen molar-refractivity contribution in [1.29, 1.82) is 0 Å². The molecule has 1 heterocycles. The summed E-state index contributed by atoms with van der Waals surface area (Å²) in [5, 5.41) is 4.83. The molecule has 0 radical (unpaired) electrons. The van der Waals surface area contributed by atoms with Crippen LogP contribution in [-0.4, -0.2) is 17.6 Å². The largest absolute Gasteiger partial charge is 0.313 e. The zero-order chi connectivity index (χ0) is 13.9. The summed E-state index contributed by atoms with van der Waals surface area (Å²) >= 11 is 5.33. The first-order chi connectivity index (χ1) is 9.70. The molecule has 2 nitrogen and oxygen atoms in total. The van der Waals surface area contributed by atoms with Crippen molar-refractivity contribution in [3.63, 3.8) is 0 Å². The zero-order valence-corrected chi connectivity index (χ0v) is 14.0. The Balaban J connectivity index is 1.73. The third kappa shape index (κ3) is 3.90. The SMILES string of the molecule is Cc1ncc(CC(CNC2CC2)c2ccc(Br)cc2)s1. The molecule has 0 saturated heterocycles. The van der Waals surface area contributed by atoms with Crippen LogP contribution in [0.5, 0.6) is 0 Å². The minimum Gasteiger partial charge on any atom is -0.313 e. The van der Waals surface area contributed by atoms with E-state index in [4.69, 9.17) is 0 Å². The Kier molecular flexibility index (Phi) is 4.54. The highest BCUT2D eigenvalue weighted by molar-refractivity contribution is 9.10. The first kappa shape index (κ1) is 14.2. The molecule has 1 atom stereocenters. The summed E-state index contributed by atoms with van der Waals surface area (Å²) in [5.74, 6) is 0.531. The van der Waals surface area contributed by atoms with E-state index in [2.05, 4.69) is 57.4 Å². The van der Waals surface area contributed by atoms with E-state index in [0.29, 0.717) is 5.92 Å². The highest BCUT2D eigenvalue weighted by atomic mass is 79.9. The Morgan fingerprint density at radius 2 is 2.10 bits per heavy atom. The minimum atomic E-state index is 0.531. The second kappa shape index (κ2) is 6.37. The number of nitrogens with one attached hydrogen (secondary N) is 1. The van der Waals surface area contributed by atoms with Crippen molar-refractivity contribution in [2.24, 2.45) is 0 Å². The van der Waals surface area contributed by atoms with Crippen molar-refractivity contribution in [2.75, 3.05) is 6.54 Å². The van der Waals surface area contributed by atoms with Gasteiger partial charge < -0.3 is 5.32 Å². The van der Waals surface area contributed by atoms with Gasteiger partial charge in [0.25, 0.3) is 0 Å². The summed E-state index contributed by atoms with van der Waals surface area (Å²) in [6.07, 6.45) is 5.79. The Hall–Kier alpha value is -0.710. The van der Waals surface area contributed by atoms with Gasteiger partial charge in [-0.3, -0.25) is 0 Å². The van der Waals surface area contributed by atoms with Crippen LogP contribution in [0.3, 0.4) is 0 Å². The molecule has 1 aliphatic carbocycles. The van der Waals surface area contributed by atoms with E-state index in [0.717, 1.165) is 28.5 Å². The van der Waals surface area contributed by atoms with Crippen molar-refractivity contribution >= 4 is 27.3 Å². The quantitative estimate of drug-likeness (QED) is 0.840. The van der Waals surface area contributed by atoms with Crippen LogP contribution in [-0.2, 0) is 6.42 Å². The average Bonchev–Trinajstić information content (AvgIpc) is 3.18. The molecule has 4 heteroatoms. The lowest BCUT2D eigenvalue weighted by Crippen LogP contribution is -2.24. The fourth-order valence-electron chi connectivity index (χ4n) is 2.38. The van der Waals surface area contributed by atoms with Crippen LogP contribution in [0.25, 0.3) is 0 Å². The summed E-state index contributed by atoms with van der Waals surface area (Å²) in [6.45, 7) is 3.13. The molecule has 0 amide bonds. The summed E-state index contributed by atoms with van der Waals surface area (Å²) < 4.78 is 1.14. The number of halogens is 1. The van der Waals surface area contributed by atoms with Crippen LogP contribution in [0, 0.1) is 6.92 Å². The van der Waals surface area contributed by atoms with Gasteiger partial charge in [-0.25, -0.2) is 4.98 Å². The van der Waals surface area contributed by atoms with E-state index in [1.54, 1.807) is 0 Å². The lowest BCUT2D eigenvalue weighted by molar-refractivity contribution is 0.579. The van der Waals surface area contributed by atoms with E-state index in [9.17, 15) is 0 Å². The predicted molar refractivity (Wildman–Crippen MR) is 88.5 cm³/mol. The lowest BCUT2D eigenvalue weighted by atomic mass is 9.95. The number of nitrogens with zero attached hydrogens (tertiary/aromatic N) is 1. The standard InChI is InChI=1S/C16H19BrN2S/c1-11-18-10-16(20-11)8-13(9-19-15-6-7-15)12-2-4-14(17)5-3-12/h2-5,10,13,15,19H,6-9H2,1H3. The van der Waals surface area contributed by atoms with Gasteiger partial charge in [0.2, 0.25) is 0 Å². The molecule has 1 fully saturated rings. The van der Waals surface area contributed by atoms with Crippen molar-refractivity contribution < 1.29 is 0 Å². The minimum absolute atomic E-state index is 0.531. The fraction of sp³-hybridized carbons (Fsp3) is 0.438. The molecule has 20 heavy (non-hydrogen) atoms. The molecule has 0 bridgehead atoms. The first-order valence-corrected chi connectivity index (χ1v) is 8.72. The second-order valence-corrected chi connectivity index (χ2v) is 7.72. The molecule has 1 aromatic heterocycles. The molecule has 2 aromatic rings. The molecule has 0 spiro atoms. The normalized spacial score (nSPS) is 16.3. The maximum atomic E-state index is 4.38. The number of hydrogen-bond acceptors (Lipinski definition) is 3. The Bertz CT molecular complexity index is 560. The van der Waals surface area contributed by atoms with Crippen LogP contribution in [0.4, 0.5) is 0 Å². The summed E-state index contributed by atoms with van der Waals surface area (Å²) in [4.78, 5) is 5.76. The highest BCUT2D eigenvalue weighted by Gasteiger charge is 2.23. The van der Waals surface area contributed by atoms with Gasteiger partial charge in [-0.05, 0) is 43.9 Å². The van der Waals surface area contributed by atoms with E-state index in [1.165, 1.54) is 23.3 Å². The lowest BCUT2D eigenvalue weighted by Gasteiger charge is -2.17. The summed E-state index contributed by atoms with van der Waals surface area (Å²) in [6, 6.07) is 9.50. The van der Waals surface area contributed by atoms with Crippen molar-refractivity contribution in [3.8, 4) is 0 Å².